The molecule has 4 aromatic rings. The summed E-state index contributed by atoms with van der Waals surface area (Å²) in [6.45, 7) is 0. The van der Waals surface area contributed by atoms with Crippen molar-refractivity contribution in [2.24, 2.45) is 0 Å². The summed E-state index contributed by atoms with van der Waals surface area (Å²) < 4.78 is 34.9. The Hall–Kier alpha value is -3.10. The molecule has 0 spiro atoms. The first-order valence-corrected chi connectivity index (χ1v) is 11.0. The second kappa shape index (κ2) is 8.44. The molecule has 0 amide bonds. The van der Waals surface area contributed by atoms with Crippen LogP contribution in [-0.2, 0) is 0 Å². The summed E-state index contributed by atoms with van der Waals surface area (Å²) in [5.74, 6) is 0.254. The molecule has 32 heavy (non-hydrogen) atoms. The summed E-state index contributed by atoms with van der Waals surface area (Å²) in [6.07, 6.45) is 1.71. The highest BCUT2D eigenvalue weighted by Gasteiger charge is 2.42. The van der Waals surface area contributed by atoms with Gasteiger partial charge in [-0.1, -0.05) is 22.0 Å². The molecule has 4 nitrogen and oxygen atoms in total. The zero-order chi connectivity index (χ0) is 22.2. The van der Waals surface area contributed by atoms with Crippen molar-refractivity contribution < 1.29 is 13.2 Å². The van der Waals surface area contributed by atoms with Crippen molar-refractivity contribution in [1.82, 2.24) is 10.3 Å². The molecule has 160 valence electrons. The number of nitrogens with zero attached hydrogens (tertiary/aromatic N) is 2. The fraction of sp³-hybridized carbons (Fsp3) is 0.0833. The van der Waals surface area contributed by atoms with E-state index in [0.717, 1.165) is 5.69 Å². The van der Waals surface area contributed by atoms with Crippen LogP contribution in [0.1, 0.15) is 23.5 Å². The van der Waals surface area contributed by atoms with Crippen LogP contribution in [0.4, 0.5) is 14.5 Å². The smallest absolute Gasteiger partial charge is 0.174 e. The third kappa shape index (κ3) is 3.80. The number of hydrogen-bond acceptors (Lipinski definition) is 3. The SMILES string of the molecule is Fc1ccc(N2C(=S)NC(c3ccccn3)C2c2ccc(-c3ccc(Br)cc3F)o2)cc1. The minimum Gasteiger partial charge on any atom is -0.459 e. The molecule has 3 heterocycles. The van der Waals surface area contributed by atoms with Gasteiger partial charge in [0, 0.05) is 16.4 Å². The van der Waals surface area contributed by atoms with Gasteiger partial charge in [-0.3, -0.25) is 4.98 Å². The first-order valence-electron chi connectivity index (χ1n) is 9.82. The van der Waals surface area contributed by atoms with E-state index in [1.807, 2.05) is 29.2 Å². The monoisotopic (exact) mass is 511 g/mol. The van der Waals surface area contributed by atoms with Crippen molar-refractivity contribution in [2.75, 3.05) is 4.90 Å². The molecule has 1 aliphatic rings. The zero-order valence-corrected chi connectivity index (χ0v) is 18.9. The number of nitrogens with one attached hydrogen (secondary N) is 1. The van der Waals surface area contributed by atoms with E-state index in [-0.39, 0.29) is 11.9 Å². The van der Waals surface area contributed by atoms with E-state index < -0.39 is 11.9 Å². The Morgan fingerprint density at radius 2 is 1.81 bits per heavy atom. The maximum atomic E-state index is 14.5. The van der Waals surface area contributed by atoms with E-state index in [0.29, 0.717) is 32.4 Å². The molecular formula is C24H16BrF2N3OS. The molecule has 0 radical (unpaired) electrons. The lowest BCUT2D eigenvalue weighted by molar-refractivity contribution is 0.438. The van der Waals surface area contributed by atoms with Crippen molar-refractivity contribution in [2.45, 2.75) is 12.1 Å². The molecular weight excluding hydrogens is 496 g/mol. The van der Waals surface area contributed by atoms with Crippen LogP contribution in [-0.4, -0.2) is 10.1 Å². The Morgan fingerprint density at radius 3 is 2.53 bits per heavy atom. The number of pyridine rings is 1. The number of anilines is 1. The summed E-state index contributed by atoms with van der Waals surface area (Å²) in [4.78, 5) is 6.36. The molecule has 0 bridgehead atoms. The van der Waals surface area contributed by atoms with Crippen LogP contribution in [0.15, 0.2) is 87.9 Å². The van der Waals surface area contributed by atoms with Crippen LogP contribution in [0.3, 0.4) is 0 Å². The Kier molecular flexibility index (Phi) is 5.48. The number of thiocarbonyl (C=S) groups is 1. The largest absolute Gasteiger partial charge is 0.459 e. The fourth-order valence-corrected chi connectivity index (χ4v) is 4.55. The van der Waals surface area contributed by atoms with Crippen molar-refractivity contribution in [1.29, 1.82) is 0 Å². The molecule has 1 N–H and O–H groups in total. The van der Waals surface area contributed by atoms with Crippen molar-refractivity contribution >= 4 is 38.9 Å². The average Bonchev–Trinajstić information content (AvgIpc) is 3.39. The average molecular weight is 512 g/mol. The van der Waals surface area contributed by atoms with Crippen molar-refractivity contribution in [3.63, 3.8) is 0 Å². The first-order chi connectivity index (χ1) is 15.5. The number of furan rings is 1. The lowest BCUT2D eigenvalue weighted by Crippen LogP contribution is -2.29. The fourth-order valence-electron chi connectivity index (χ4n) is 3.87. The third-order valence-electron chi connectivity index (χ3n) is 5.32. The predicted octanol–water partition coefficient (Wildman–Crippen LogP) is 6.56. The van der Waals surface area contributed by atoms with E-state index >= 15 is 0 Å². The van der Waals surface area contributed by atoms with Crippen molar-refractivity contribution in [3.05, 3.63) is 107 Å². The van der Waals surface area contributed by atoms with Gasteiger partial charge in [-0.15, -0.1) is 0 Å². The van der Waals surface area contributed by atoms with Gasteiger partial charge in [-0.25, -0.2) is 8.78 Å². The first kappa shape index (κ1) is 20.8. The lowest BCUT2D eigenvalue weighted by atomic mass is 10.0. The number of halogens is 3. The molecule has 1 aliphatic heterocycles. The van der Waals surface area contributed by atoms with Crippen LogP contribution >= 0.6 is 28.1 Å². The van der Waals surface area contributed by atoms with E-state index in [9.17, 15) is 8.78 Å². The number of hydrogen-bond donors (Lipinski definition) is 1. The topological polar surface area (TPSA) is 41.3 Å². The van der Waals surface area contributed by atoms with Gasteiger partial charge >= 0.3 is 0 Å². The standard InChI is InChI=1S/C24H16BrF2N3OS/c25-14-4-9-17(18(27)13-14)20-10-11-21(31-20)23-22(19-3-1-2-12-28-19)29-24(32)30(23)16-7-5-15(26)6-8-16/h1-13,22-23H,(H,29,32). The minimum atomic E-state index is -0.407. The maximum absolute atomic E-state index is 14.5. The quantitative estimate of drug-likeness (QED) is 0.314. The van der Waals surface area contributed by atoms with Crippen LogP contribution < -0.4 is 10.2 Å². The summed E-state index contributed by atoms with van der Waals surface area (Å²) >= 11 is 8.90. The number of benzene rings is 2. The molecule has 1 saturated heterocycles. The van der Waals surface area contributed by atoms with Crippen LogP contribution in [0.2, 0.25) is 0 Å². The summed E-state index contributed by atoms with van der Waals surface area (Å²) in [5.41, 5.74) is 1.84. The number of aromatic nitrogens is 1. The second-order valence-corrected chi connectivity index (χ2v) is 8.60. The van der Waals surface area contributed by atoms with Gasteiger partial charge in [-0.05, 0) is 78.9 Å². The van der Waals surface area contributed by atoms with Gasteiger partial charge in [0.05, 0.1) is 17.3 Å². The molecule has 0 aliphatic carbocycles. The van der Waals surface area contributed by atoms with Crippen molar-refractivity contribution in [3.8, 4) is 11.3 Å². The highest BCUT2D eigenvalue weighted by molar-refractivity contribution is 9.10. The normalized spacial score (nSPS) is 18.1. The Labute approximate surface area is 197 Å². The maximum Gasteiger partial charge on any atom is 0.174 e. The number of rotatable bonds is 4. The Balaban J connectivity index is 1.60. The highest BCUT2D eigenvalue weighted by atomic mass is 79.9. The van der Waals surface area contributed by atoms with Gasteiger partial charge in [0.25, 0.3) is 0 Å². The van der Waals surface area contributed by atoms with E-state index in [4.69, 9.17) is 16.6 Å². The summed E-state index contributed by atoms with van der Waals surface area (Å²) in [7, 11) is 0. The van der Waals surface area contributed by atoms with Crippen LogP contribution in [0.5, 0.6) is 0 Å². The van der Waals surface area contributed by atoms with Gasteiger partial charge in [0.2, 0.25) is 0 Å². The zero-order valence-electron chi connectivity index (χ0n) is 16.5. The summed E-state index contributed by atoms with van der Waals surface area (Å²) in [5, 5.41) is 3.77. The van der Waals surface area contributed by atoms with Crippen LogP contribution in [0, 0.1) is 11.6 Å². The molecule has 5 rings (SSSR count). The van der Waals surface area contributed by atoms with Crippen LogP contribution in [0.25, 0.3) is 11.3 Å². The van der Waals surface area contributed by atoms with Gasteiger partial charge in [-0.2, -0.15) is 0 Å². The van der Waals surface area contributed by atoms with E-state index in [1.54, 1.807) is 36.5 Å². The summed E-state index contributed by atoms with van der Waals surface area (Å²) in [6, 6.07) is 19.4. The molecule has 2 aromatic heterocycles. The Bertz CT molecular complexity index is 1280. The van der Waals surface area contributed by atoms with E-state index in [2.05, 4.69) is 26.2 Å². The highest BCUT2D eigenvalue weighted by Crippen LogP contribution is 2.43. The van der Waals surface area contributed by atoms with E-state index in [1.165, 1.54) is 18.2 Å². The van der Waals surface area contributed by atoms with Gasteiger partial charge in [0.1, 0.15) is 29.2 Å². The molecule has 2 atom stereocenters. The van der Waals surface area contributed by atoms with Gasteiger partial charge in [0.15, 0.2) is 5.11 Å². The molecule has 2 aromatic carbocycles. The molecule has 2 unspecified atom stereocenters. The Morgan fingerprint density at radius 1 is 1.00 bits per heavy atom. The second-order valence-electron chi connectivity index (χ2n) is 7.30. The van der Waals surface area contributed by atoms with Gasteiger partial charge < -0.3 is 14.6 Å². The lowest BCUT2D eigenvalue weighted by Gasteiger charge is -2.26. The molecule has 1 fully saturated rings. The predicted molar refractivity (Wildman–Crippen MR) is 126 cm³/mol. The molecule has 0 saturated carbocycles. The molecule has 8 heteroatoms. The minimum absolute atomic E-state index is 0.317. The third-order valence-corrected chi connectivity index (χ3v) is 6.13.